The highest BCUT2D eigenvalue weighted by Gasteiger charge is 2.31. The van der Waals surface area contributed by atoms with Gasteiger partial charge in [0, 0.05) is 18.2 Å². The first-order chi connectivity index (χ1) is 16.9. The van der Waals surface area contributed by atoms with E-state index in [1.165, 1.54) is 53.1 Å². The molecule has 35 heavy (non-hydrogen) atoms. The van der Waals surface area contributed by atoms with Crippen molar-refractivity contribution in [3.63, 3.8) is 0 Å². The molecule has 5 rings (SSSR count). The van der Waals surface area contributed by atoms with Gasteiger partial charge in [-0.2, -0.15) is 14.4 Å². The highest BCUT2D eigenvalue weighted by atomic mass is 32.2. The Bertz CT molecular complexity index is 1430. The Morgan fingerprint density at radius 2 is 1.94 bits per heavy atom. The highest BCUT2D eigenvalue weighted by molar-refractivity contribution is 7.89. The lowest BCUT2D eigenvalue weighted by atomic mass is 10.1. The van der Waals surface area contributed by atoms with E-state index in [1.54, 1.807) is 16.4 Å². The summed E-state index contributed by atoms with van der Waals surface area (Å²) in [7, 11) is -3.63. The summed E-state index contributed by atoms with van der Waals surface area (Å²) in [6.07, 6.45) is 5.69. The lowest BCUT2D eigenvalue weighted by Crippen LogP contribution is -2.41. The molecule has 1 unspecified atom stereocenters. The number of amides is 1. The molecule has 2 aromatic carbocycles. The number of hydrogen-bond acceptors (Lipinski definition) is 7. The fourth-order valence-corrected chi connectivity index (χ4v) is 6.70. The number of aromatic nitrogens is 1. The summed E-state index contributed by atoms with van der Waals surface area (Å²) in [4.78, 5) is 18.2. The number of hydrogen-bond donors (Lipinski definition) is 0. The van der Waals surface area contributed by atoms with Crippen LogP contribution >= 0.6 is 11.3 Å². The average molecular weight is 509 g/mol. The SMILES string of the molecule is CC1CCCCN1S(=O)(=O)c1ccc(C(=O)N(N=Cc2ccco2)c2nc3ccccc3s2)cc1. The number of anilines is 1. The number of nitrogens with zero attached hydrogens (tertiary/aromatic N) is 4. The van der Waals surface area contributed by atoms with Crippen molar-refractivity contribution in [2.75, 3.05) is 11.6 Å². The first-order valence-electron chi connectivity index (χ1n) is 11.3. The molecule has 0 radical (unpaired) electrons. The van der Waals surface area contributed by atoms with E-state index >= 15 is 0 Å². The molecular formula is C25H24N4O4S2. The van der Waals surface area contributed by atoms with Crippen LogP contribution in [0.1, 0.15) is 42.3 Å². The van der Waals surface area contributed by atoms with Crippen LogP contribution in [0.2, 0.25) is 0 Å². The number of benzene rings is 2. The molecule has 1 fully saturated rings. The van der Waals surface area contributed by atoms with Crippen LogP contribution < -0.4 is 5.01 Å². The molecule has 8 nitrogen and oxygen atoms in total. The van der Waals surface area contributed by atoms with Crippen LogP contribution in [0.5, 0.6) is 0 Å². The lowest BCUT2D eigenvalue weighted by molar-refractivity contribution is 0.0987. The molecule has 0 aliphatic carbocycles. The number of furan rings is 1. The van der Waals surface area contributed by atoms with Gasteiger partial charge in [-0.25, -0.2) is 13.4 Å². The minimum atomic E-state index is -3.63. The molecule has 180 valence electrons. The fourth-order valence-electron chi connectivity index (χ4n) is 4.07. The molecule has 1 aliphatic rings. The number of para-hydroxylation sites is 1. The van der Waals surface area contributed by atoms with Gasteiger partial charge in [-0.1, -0.05) is 29.9 Å². The van der Waals surface area contributed by atoms with E-state index in [1.807, 2.05) is 31.2 Å². The Kier molecular flexibility index (Phi) is 6.50. The quantitative estimate of drug-likeness (QED) is 0.266. The minimum Gasteiger partial charge on any atom is -0.463 e. The molecule has 2 aromatic heterocycles. The molecule has 4 aromatic rings. The summed E-state index contributed by atoms with van der Waals surface area (Å²) in [6.45, 7) is 2.44. The molecule has 1 atom stereocenters. The van der Waals surface area contributed by atoms with Crippen LogP contribution in [0.4, 0.5) is 5.13 Å². The van der Waals surface area contributed by atoms with Crippen LogP contribution in [0.25, 0.3) is 10.2 Å². The van der Waals surface area contributed by atoms with Gasteiger partial charge < -0.3 is 4.42 Å². The molecule has 0 bridgehead atoms. The predicted octanol–water partition coefficient (Wildman–Crippen LogP) is 5.13. The molecular weight excluding hydrogens is 484 g/mol. The number of carbonyl (C=O) groups is 1. The van der Waals surface area contributed by atoms with E-state index in [0.717, 1.165) is 29.5 Å². The van der Waals surface area contributed by atoms with Gasteiger partial charge in [0.25, 0.3) is 5.91 Å². The van der Waals surface area contributed by atoms with Gasteiger partial charge in [0.1, 0.15) is 5.76 Å². The molecule has 1 saturated heterocycles. The highest BCUT2D eigenvalue weighted by Crippen LogP contribution is 2.30. The summed E-state index contributed by atoms with van der Waals surface area (Å²) in [5, 5.41) is 5.96. The number of rotatable bonds is 6. The number of fused-ring (bicyclic) bond motifs is 1. The molecule has 1 aliphatic heterocycles. The van der Waals surface area contributed by atoms with E-state index in [4.69, 9.17) is 4.42 Å². The van der Waals surface area contributed by atoms with Crippen LogP contribution in [-0.4, -0.2) is 42.4 Å². The minimum absolute atomic E-state index is 0.0412. The largest absolute Gasteiger partial charge is 0.463 e. The smallest absolute Gasteiger partial charge is 0.280 e. The van der Waals surface area contributed by atoms with Gasteiger partial charge in [-0.15, -0.1) is 0 Å². The standard InChI is InChI=1S/C25H24N4O4S2/c1-18-7-4-5-15-28(18)35(31,32)21-13-11-19(12-14-21)24(30)29(26-17-20-8-6-16-33-20)25-27-22-9-2-3-10-23(22)34-25/h2-3,6,8-14,16-18H,4-5,7,15H2,1H3. The first kappa shape index (κ1) is 23.4. The summed E-state index contributed by atoms with van der Waals surface area (Å²) >= 11 is 1.34. The Morgan fingerprint density at radius 3 is 2.66 bits per heavy atom. The second-order valence-electron chi connectivity index (χ2n) is 8.33. The molecule has 0 saturated carbocycles. The van der Waals surface area contributed by atoms with Gasteiger partial charge in [-0.05, 0) is 68.3 Å². The number of thiazole rings is 1. The van der Waals surface area contributed by atoms with Crippen LogP contribution in [-0.2, 0) is 10.0 Å². The maximum atomic E-state index is 13.5. The van der Waals surface area contributed by atoms with E-state index < -0.39 is 15.9 Å². The summed E-state index contributed by atoms with van der Waals surface area (Å²) < 4.78 is 34.1. The normalized spacial score (nSPS) is 17.2. The number of carbonyl (C=O) groups excluding carboxylic acids is 1. The Morgan fingerprint density at radius 1 is 1.14 bits per heavy atom. The third kappa shape index (κ3) is 4.77. The van der Waals surface area contributed by atoms with Gasteiger partial charge in [0.15, 0.2) is 0 Å². The zero-order valence-electron chi connectivity index (χ0n) is 19.1. The van der Waals surface area contributed by atoms with Crippen molar-refractivity contribution < 1.29 is 17.6 Å². The zero-order chi connectivity index (χ0) is 24.4. The van der Waals surface area contributed by atoms with E-state index in [-0.39, 0.29) is 10.9 Å². The van der Waals surface area contributed by atoms with E-state index in [0.29, 0.717) is 23.0 Å². The second kappa shape index (κ2) is 9.73. The second-order valence-corrected chi connectivity index (χ2v) is 11.2. The monoisotopic (exact) mass is 508 g/mol. The maximum Gasteiger partial charge on any atom is 0.280 e. The van der Waals surface area contributed by atoms with Crippen LogP contribution in [0, 0.1) is 0 Å². The third-order valence-corrected chi connectivity index (χ3v) is 8.99. The molecule has 0 N–H and O–H groups in total. The Hall–Kier alpha value is -3.34. The molecule has 0 spiro atoms. The first-order valence-corrected chi connectivity index (χ1v) is 13.6. The third-order valence-electron chi connectivity index (χ3n) is 5.95. The summed E-state index contributed by atoms with van der Waals surface area (Å²) in [6, 6.07) is 17.0. The van der Waals surface area contributed by atoms with Crippen LogP contribution in [0.15, 0.2) is 81.3 Å². The number of hydrazone groups is 1. The van der Waals surface area contributed by atoms with Crippen molar-refractivity contribution in [1.29, 1.82) is 0 Å². The average Bonchev–Trinajstić information content (AvgIpc) is 3.54. The van der Waals surface area contributed by atoms with Crippen molar-refractivity contribution in [2.24, 2.45) is 5.10 Å². The van der Waals surface area contributed by atoms with Gasteiger partial charge >= 0.3 is 0 Å². The fraction of sp³-hybridized carbons (Fsp3) is 0.240. The molecule has 3 heterocycles. The van der Waals surface area contributed by atoms with Crippen molar-refractivity contribution >= 4 is 48.8 Å². The Balaban J connectivity index is 1.46. The van der Waals surface area contributed by atoms with Gasteiger partial charge in [0.2, 0.25) is 15.2 Å². The molecule has 10 heteroatoms. The number of sulfonamides is 1. The van der Waals surface area contributed by atoms with Gasteiger partial charge in [0.05, 0.1) is 27.6 Å². The van der Waals surface area contributed by atoms with E-state index in [9.17, 15) is 13.2 Å². The Labute approximate surface area is 207 Å². The number of piperidine rings is 1. The predicted molar refractivity (Wildman–Crippen MR) is 136 cm³/mol. The summed E-state index contributed by atoms with van der Waals surface area (Å²) in [5.74, 6) is 0.0585. The van der Waals surface area contributed by atoms with Gasteiger partial charge in [-0.3, -0.25) is 4.79 Å². The van der Waals surface area contributed by atoms with Crippen molar-refractivity contribution in [2.45, 2.75) is 37.1 Å². The van der Waals surface area contributed by atoms with Crippen LogP contribution in [0.3, 0.4) is 0 Å². The lowest BCUT2D eigenvalue weighted by Gasteiger charge is -2.32. The van der Waals surface area contributed by atoms with Crippen molar-refractivity contribution in [3.8, 4) is 0 Å². The van der Waals surface area contributed by atoms with E-state index in [2.05, 4.69) is 10.1 Å². The molecule has 1 amide bonds. The topological polar surface area (TPSA) is 96.1 Å². The zero-order valence-corrected chi connectivity index (χ0v) is 20.7. The van der Waals surface area contributed by atoms with Crippen molar-refractivity contribution in [1.82, 2.24) is 9.29 Å². The maximum absolute atomic E-state index is 13.5. The summed E-state index contributed by atoms with van der Waals surface area (Å²) in [5.41, 5.74) is 1.06. The van der Waals surface area contributed by atoms with Crippen molar-refractivity contribution in [3.05, 3.63) is 78.3 Å².